The van der Waals surface area contributed by atoms with E-state index in [-0.39, 0.29) is 11.6 Å². The molecule has 0 amide bonds. The van der Waals surface area contributed by atoms with Gasteiger partial charge in [-0.05, 0) is 33.1 Å². The van der Waals surface area contributed by atoms with Gasteiger partial charge in [-0.15, -0.1) is 0 Å². The van der Waals surface area contributed by atoms with Crippen LogP contribution in [0.15, 0.2) is 6.33 Å². The Labute approximate surface area is 108 Å². The van der Waals surface area contributed by atoms with Crippen LogP contribution in [0.1, 0.15) is 38.9 Å². The molecule has 0 aliphatic carbocycles. The van der Waals surface area contributed by atoms with Gasteiger partial charge in [0.1, 0.15) is 12.2 Å². The number of ether oxygens (including phenoxy) is 1. The minimum absolute atomic E-state index is 0.0623. The Morgan fingerprint density at radius 1 is 1.61 bits per heavy atom. The summed E-state index contributed by atoms with van der Waals surface area (Å²) in [4.78, 5) is 4.30. The van der Waals surface area contributed by atoms with Crippen molar-refractivity contribution in [2.24, 2.45) is 5.84 Å². The molecule has 1 aromatic heterocycles. The van der Waals surface area contributed by atoms with Crippen LogP contribution in [0.2, 0.25) is 0 Å². The molecule has 18 heavy (non-hydrogen) atoms. The fourth-order valence-corrected chi connectivity index (χ4v) is 2.57. The van der Waals surface area contributed by atoms with Gasteiger partial charge in [0.15, 0.2) is 0 Å². The van der Waals surface area contributed by atoms with Crippen molar-refractivity contribution in [2.75, 3.05) is 6.61 Å². The lowest BCUT2D eigenvalue weighted by Crippen LogP contribution is -2.55. The van der Waals surface area contributed by atoms with Crippen LogP contribution in [0.4, 0.5) is 0 Å². The van der Waals surface area contributed by atoms with E-state index in [0.717, 1.165) is 38.2 Å². The third-order valence-corrected chi connectivity index (χ3v) is 3.82. The molecular formula is C12H23N5O. The number of nitrogens with two attached hydrogens (primary N) is 1. The molecule has 1 fully saturated rings. The second-order valence-electron chi connectivity index (χ2n) is 5.03. The molecule has 1 aliphatic heterocycles. The fraction of sp³-hybridized carbons (Fsp3) is 0.833. The van der Waals surface area contributed by atoms with Crippen LogP contribution in [0.5, 0.6) is 0 Å². The average Bonchev–Trinajstić information content (AvgIpc) is 2.83. The quantitative estimate of drug-likeness (QED) is 0.594. The Morgan fingerprint density at radius 3 is 3.06 bits per heavy atom. The largest absolute Gasteiger partial charge is 0.374 e. The van der Waals surface area contributed by atoms with Crippen molar-refractivity contribution in [3.63, 3.8) is 0 Å². The lowest BCUT2D eigenvalue weighted by molar-refractivity contribution is -0.0889. The van der Waals surface area contributed by atoms with Gasteiger partial charge >= 0.3 is 0 Å². The minimum Gasteiger partial charge on any atom is -0.374 e. The van der Waals surface area contributed by atoms with Crippen molar-refractivity contribution < 1.29 is 4.74 Å². The van der Waals surface area contributed by atoms with Crippen molar-refractivity contribution in [1.82, 2.24) is 20.2 Å². The summed E-state index contributed by atoms with van der Waals surface area (Å²) < 4.78 is 7.84. The zero-order valence-corrected chi connectivity index (χ0v) is 11.2. The second-order valence-corrected chi connectivity index (χ2v) is 5.03. The predicted molar refractivity (Wildman–Crippen MR) is 68.7 cm³/mol. The molecule has 3 N–H and O–H groups in total. The summed E-state index contributed by atoms with van der Waals surface area (Å²) in [5.41, 5.74) is 2.68. The van der Waals surface area contributed by atoms with Gasteiger partial charge in [-0.2, -0.15) is 5.10 Å². The van der Waals surface area contributed by atoms with E-state index >= 15 is 0 Å². The van der Waals surface area contributed by atoms with Crippen LogP contribution in [0.25, 0.3) is 0 Å². The molecule has 1 aromatic rings. The van der Waals surface area contributed by atoms with Crippen LogP contribution in [0.3, 0.4) is 0 Å². The number of aromatic nitrogens is 3. The smallest absolute Gasteiger partial charge is 0.138 e. The molecule has 0 saturated carbocycles. The molecule has 0 aromatic carbocycles. The van der Waals surface area contributed by atoms with Crippen molar-refractivity contribution in [3.8, 4) is 0 Å². The summed E-state index contributed by atoms with van der Waals surface area (Å²) in [6, 6.07) is 0.0623. The average molecular weight is 253 g/mol. The Bertz CT molecular complexity index is 372. The van der Waals surface area contributed by atoms with E-state index in [0.29, 0.717) is 0 Å². The van der Waals surface area contributed by atoms with Gasteiger partial charge in [0, 0.05) is 19.6 Å². The minimum atomic E-state index is -0.211. The van der Waals surface area contributed by atoms with Crippen LogP contribution in [-0.4, -0.2) is 33.0 Å². The van der Waals surface area contributed by atoms with Crippen molar-refractivity contribution in [1.29, 1.82) is 0 Å². The number of nitrogens with one attached hydrogen (secondary N) is 1. The topological polar surface area (TPSA) is 78.0 Å². The van der Waals surface area contributed by atoms with Gasteiger partial charge in [-0.1, -0.05) is 0 Å². The number of hydrogen-bond donors (Lipinski definition) is 2. The summed E-state index contributed by atoms with van der Waals surface area (Å²) in [6.07, 6.45) is 5.69. The number of rotatable bonds is 5. The first-order chi connectivity index (χ1) is 8.69. The lowest BCUT2D eigenvalue weighted by Gasteiger charge is -2.40. The van der Waals surface area contributed by atoms with Crippen LogP contribution < -0.4 is 11.3 Å². The molecule has 2 unspecified atom stereocenters. The Kier molecular flexibility index (Phi) is 4.31. The van der Waals surface area contributed by atoms with Gasteiger partial charge < -0.3 is 4.74 Å². The molecule has 2 heterocycles. The molecule has 2 rings (SSSR count). The van der Waals surface area contributed by atoms with Crippen molar-refractivity contribution >= 4 is 0 Å². The summed E-state index contributed by atoms with van der Waals surface area (Å²) in [5, 5.41) is 4.19. The summed E-state index contributed by atoms with van der Waals surface area (Å²) in [7, 11) is 0. The summed E-state index contributed by atoms with van der Waals surface area (Å²) >= 11 is 0. The van der Waals surface area contributed by atoms with Gasteiger partial charge in [0.25, 0.3) is 0 Å². The van der Waals surface area contributed by atoms with E-state index in [4.69, 9.17) is 10.6 Å². The lowest BCUT2D eigenvalue weighted by atomic mass is 9.86. The number of aryl methyl sites for hydroxylation is 1. The molecule has 0 radical (unpaired) electrons. The normalized spacial score (nSPS) is 26.2. The van der Waals surface area contributed by atoms with Crippen molar-refractivity contribution in [3.05, 3.63) is 12.2 Å². The van der Waals surface area contributed by atoms with Gasteiger partial charge in [0.2, 0.25) is 0 Å². The monoisotopic (exact) mass is 253 g/mol. The number of hydrazine groups is 1. The summed E-state index contributed by atoms with van der Waals surface area (Å²) in [6.45, 7) is 5.82. The predicted octanol–water partition coefficient (Wildman–Crippen LogP) is 0.632. The molecule has 102 valence electrons. The maximum absolute atomic E-state index is 5.94. The number of hydrogen-bond acceptors (Lipinski definition) is 5. The van der Waals surface area contributed by atoms with Crippen LogP contribution >= 0.6 is 0 Å². The Balaban J connectivity index is 2.09. The standard InChI is InChI=1S/C12H23N5O/c1-3-17-11(14-9-15-17)8-10(16-13)12(2)6-4-5-7-18-12/h9-10,16H,3-8,13H2,1-2H3. The first kappa shape index (κ1) is 13.5. The first-order valence-electron chi connectivity index (χ1n) is 6.66. The van der Waals surface area contributed by atoms with E-state index < -0.39 is 0 Å². The molecular weight excluding hydrogens is 230 g/mol. The van der Waals surface area contributed by atoms with E-state index in [1.54, 1.807) is 6.33 Å². The Hall–Kier alpha value is -0.980. The second kappa shape index (κ2) is 5.77. The van der Waals surface area contributed by atoms with Gasteiger partial charge in [-0.3, -0.25) is 16.0 Å². The van der Waals surface area contributed by atoms with E-state index in [9.17, 15) is 0 Å². The maximum Gasteiger partial charge on any atom is 0.138 e. The van der Waals surface area contributed by atoms with Gasteiger partial charge in [0.05, 0.1) is 11.6 Å². The van der Waals surface area contributed by atoms with E-state index in [1.807, 2.05) is 4.68 Å². The molecule has 2 atom stereocenters. The molecule has 1 saturated heterocycles. The van der Waals surface area contributed by atoms with E-state index in [2.05, 4.69) is 29.4 Å². The number of nitrogens with zero attached hydrogens (tertiary/aromatic N) is 3. The maximum atomic E-state index is 5.94. The fourth-order valence-electron chi connectivity index (χ4n) is 2.57. The highest BCUT2D eigenvalue weighted by Crippen LogP contribution is 2.29. The Morgan fingerprint density at radius 2 is 2.44 bits per heavy atom. The third kappa shape index (κ3) is 2.71. The van der Waals surface area contributed by atoms with Crippen LogP contribution in [0, 0.1) is 0 Å². The third-order valence-electron chi connectivity index (χ3n) is 3.82. The zero-order valence-electron chi connectivity index (χ0n) is 11.2. The summed E-state index contributed by atoms with van der Waals surface area (Å²) in [5.74, 6) is 6.66. The first-order valence-corrected chi connectivity index (χ1v) is 6.66. The SMILES string of the molecule is CCn1ncnc1CC(NN)C1(C)CCCCO1. The molecule has 6 nitrogen and oxygen atoms in total. The highest BCUT2D eigenvalue weighted by atomic mass is 16.5. The highest BCUT2D eigenvalue weighted by Gasteiger charge is 2.37. The van der Waals surface area contributed by atoms with Crippen molar-refractivity contribution in [2.45, 2.75) is 57.7 Å². The zero-order chi connectivity index (χ0) is 13.0. The van der Waals surface area contributed by atoms with E-state index in [1.165, 1.54) is 6.42 Å². The van der Waals surface area contributed by atoms with Crippen LogP contribution in [-0.2, 0) is 17.7 Å². The highest BCUT2D eigenvalue weighted by molar-refractivity contribution is 4.98. The van der Waals surface area contributed by atoms with Gasteiger partial charge in [-0.25, -0.2) is 4.98 Å². The molecule has 0 spiro atoms. The molecule has 0 bridgehead atoms. The molecule has 1 aliphatic rings. The molecule has 6 heteroatoms.